The van der Waals surface area contributed by atoms with Crippen LogP contribution in [0.3, 0.4) is 0 Å². The number of likely N-dealkylation sites (tertiary alicyclic amines) is 1. The number of aliphatic hydroxyl groups excluding tert-OH is 1. The summed E-state index contributed by atoms with van der Waals surface area (Å²) in [6.07, 6.45) is 6.90. The topological polar surface area (TPSA) is 59.1 Å². The molecule has 23 heavy (non-hydrogen) atoms. The van der Waals surface area contributed by atoms with Crippen LogP contribution in [-0.4, -0.2) is 54.8 Å². The molecule has 0 spiro atoms. The molecule has 0 unspecified atom stereocenters. The highest BCUT2D eigenvalue weighted by molar-refractivity contribution is 5.06. The number of hydrogen-bond acceptors (Lipinski definition) is 4. The number of nitrogens with zero attached hydrogens (tertiary/aromatic N) is 5. The fraction of sp³-hybridized carbons (Fsp3) is 0.647. The number of aliphatic hydroxyl groups is 1. The van der Waals surface area contributed by atoms with E-state index >= 15 is 0 Å². The molecule has 3 heterocycles. The van der Waals surface area contributed by atoms with Gasteiger partial charge in [0.05, 0.1) is 24.9 Å². The molecule has 1 N–H and O–H groups in total. The van der Waals surface area contributed by atoms with Crippen LogP contribution in [0.1, 0.15) is 30.7 Å². The zero-order valence-corrected chi connectivity index (χ0v) is 14.1. The highest BCUT2D eigenvalue weighted by atomic mass is 16.3. The summed E-state index contributed by atoms with van der Waals surface area (Å²) in [7, 11) is 0. The van der Waals surface area contributed by atoms with E-state index in [0.29, 0.717) is 19.1 Å². The van der Waals surface area contributed by atoms with E-state index in [2.05, 4.69) is 32.8 Å². The Hall–Kier alpha value is -1.66. The fourth-order valence-corrected chi connectivity index (χ4v) is 3.52. The smallest absolute Gasteiger partial charge is 0.0862 e. The van der Waals surface area contributed by atoms with Gasteiger partial charge in [-0.2, -0.15) is 10.2 Å². The van der Waals surface area contributed by atoms with Crippen molar-refractivity contribution in [1.82, 2.24) is 24.5 Å². The number of piperidine rings is 1. The molecule has 2 aromatic heterocycles. The van der Waals surface area contributed by atoms with Crippen LogP contribution >= 0.6 is 0 Å². The minimum atomic E-state index is -0.393. The molecular formula is C17H27N5O. The van der Waals surface area contributed by atoms with Crippen molar-refractivity contribution in [3.05, 3.63) is 35.9 Å². The maximum atomic E-state index is 10.4. The van der Waals surface area contributed by atoms with Gasteiger partial charge in [0.1, 0.15) is 0 Å². The molecule has 1 aliphatic rings. The molecule has 6 nitrogen and oxygen atoms in total. The van der Waals surface area contributed by atoms with Crippen molar-refractivity contribution in [1.29, 1.82) is 0 Å². The standard InChI is InChI=1S/C17H27N5O/c1-14-10-15(2)22(19-14)11-16-6-3-4-8-20(16)12-17(23)13-21-9-5-7-18-21/h5,7,9-10,16-17,23H,3-4,6,8,11-13H2,1-2H3/t16-,17-/m0/s1. The third kappa shape index (κ3) is 4.20. The second-order valence-electron chi connectivity index (χ2n) is 6.64. The Balaban J connectivity index is 1.60. The van der Waals surface area contributed by atoms with Gasteiger partial charge in [-0.3, -0.25) is 14.3 Å². The first-order valence-corrected chi connectivity index (χ1v) is 8.52. The van der Waals surface area contributed by atoms with Crippen LogP contribution in [0.5, 0.6) is 0 Å². The molecule has 0 aromatic carbocycles. The van der Waals surface area contributed by atoms with Gasteiger partial charge >= 0.3 is 0 Å². The Labute approximate surface area is 137 Å². The first kappa shape index (κ1) is 16.2. The van der Waals surface area contributed by atoms with Gasteiger partial charge in [0.2, 0.25) is 0 Å². The fourth-order valence-electron chi connectivity index (χ4n) is 3.52. The second-order valence-corrected chi connectivity index (χ2v) is 6.64. The van der Waals surface area contributed by atoms with Crippen LogP contribution in [-0.2, 0) is 13.1 Å². The van der Waals surface area contributed by atoms with Crippen molar-refractivity contribution in [2.45, 2.75) is 58.3 Å². The molecule has 1 fully saturated rings. The maximum Gasteiger partial charge on any atom is 0.0862 e. The third-order valence-corrected chi connectivity index (χ3v) is 4.64. The molecule has 0 radical (unpaired) electrons. The van der Waals surface area contributed by atoms with Gasteiger partial charge in [0.15, 0.2) is 0 Å². The Morgan fingerprint density at radius 1 is 1.30 bits per heavy atom. The molecule has 0 saturated carbocycles. The number of aryl methyl sites for hydroxylation is 2. The van der Waals surface area contributed by atoms with E-state index in [1.807, 2.05) is 19.2 Å². The van der Waals surface area contributed by atoms with Crippen LogP contribution in [0, 0.1) is 13.8 Å². The van der Waals surface area contributed by atoms with E-state index in [1.165, 1.54) is 25.0 Å². The van der Waals surface area contributed by atoms with Gasteiger partial charge in [-0.05, 0) is 45.4 Å². The van der Waals surface area contributed by atoms with Crippen LogP contribution in [0.25, 0.3) is 0 Å². The van der Waals surface area contributed by atoms with Crippen LogP contribution in [0.4, 0.5) is 0 Å². The van der Waals surface area contributed by atoms with Crippen molar-refractivity contribution in [3.63, 3.8) is 0 Å². The largest absolute Gasteiger partial charge is 0.390 e. The van der Waals surface area contributed by atoms with Gasteiger partial charge in [-0.1, -0.05) is 6.42 Å². The van der Waals surface area contributed by atoms with Gasteiger partial charge in [-0.15, -0.1) is 0 Å². The Morgan fingerprint density at radius 2 is 2.17 bits per heavy atom. The van der Waals surface area contributed by atoms with Gasteiger partial charge in [0, 0.05) is 30.7 Å². The van der Waals surface area contributed by atoms with E-state index in [0.717, 1.165) is 18.8 Å². The van der Waals surface area contributed by atoms with Gasteiger partial charge < -0.3 is 5.11 Å². The minimum Gasteiger partial charge on any atom is -0.390 e. The minimum absolute atomic E-state index is 0.393. The van der Waals surface area contributed by atoms with Crippen LogP contribution in [0.2, 0.25) is 0 Å². The number of aromatic nitrogens is 4. The van der Waals surface area contributed by atoms with E-state index < -0.39 is 6.10 Å². The molecule has 6 heteroatoms. The molecular weight excluding hydrogens is 290 g/mol. The lowest BCUT2D eigenvalue weighted by Crippen LogP contribution is -2.46. The monoisotopic (exact) mass is 317 g/mol. The molecule has 0 amide bonds. The zero-order valence-electron chi connectivity index (χ0n) is 14.1. The predicted molar refractivity (Wildman–Crippen MR) is 89.1 cm³/mol. The molecule has 1 saturated heterocycles. The summed E-state index contributed by atoms with van der Waals surface area (Å²) < 4.78 is 3.91. The van der Waals surface area contributed by atoms with Crippen molar-refractivity contribution < 1.29 is 5.11 Å². The zero-order chi connectivity index (χ0) is 16.2. The normalized spacial score (nSPS) is 20.7. The quantitative estimate of drug-likeness (QED) is 0.879. The number of hydrogen-bond donors (Lipinski definition) is 1. The molecule has 1 aliphatic heterocycles. The van der Waals surface area contributed by atoms with Crippen molar-refractivity contribution in [2.24, 2.45) is 0 Å². The average molecular weight is 317 g/mol. The molecule has 2 atom stereocenters. The number of β-amino-alcohol motifs (C(OH)–C–C–N with tert-alkyl or cyclic N) is 1. The maximum absolute atomic E-state index is 10.4. The van der Waals surface area contributed by atoms with Crippen molar-refractivity contribution in [3.8, 4) is 0 Å². The molecule has 3 rings (SSSR count). The summed E-state index contributed by atoms with van der Waals surface area (Å²) in [4.78, 5) is 2.42. The summed E-state index contributed by atoms with van der Waals surface area (Å²) in [5.41, 5.74) is 2.29. The van der Waals surface area contributed by atoms with Gasteiger partial charge in [0.25, 0.3) is 0 Å². The summed E-state index contributed by atoms with van der Waals surface area (Å²) in [5, 5.41) is 19.2. The highest BCUT2D eigenvalue weighted by Crippen LogP contribution is 2.20. The Bertz CT molecular complexity index is 607. The van der Waals surface area contributed by atoms with E-state index in [9.17, 15) is 5.11 Å². The van der Waals surface area contributed by atoms with Crippen molar-refractivity contribution in [2.75, 3.05) is 13.1 Å². The first-order valence-electron chi connectivity index (χ1n) is 8.52. The van der Waals surface area contributed by atoms with E-state index in [1.54, 1.807) is 10.9 Å². The average Bonchev–Trinajstić information content (AvgIpc) is 3.11. The van der Waals surface area contributed by atoms with E-state index in [-0.39, 0.29) is 0 Å². The number of rotatable bonds is 6. The second kappa shape index (κ2) is 7.27. The lowest BCUT2D eigenvalue weighted by molar-refractivity contribution is 0.0494. The molecule has 2 aromatic rings. The van der Waals surface area contributed by atoms with E-state index in [4.69, 9.17) is 0 Å². The van der Waals surface area contributed by atoms with Crippen LogP contribution < -0.4 is 0 Å². The van der Waals surface area contributed by atoms with Crippen molar-refractivity contribution >= 4 is 0 Å². The Kier molecular flexibility index (Phi) is 5.13. The first-order chi connectivity index (χ1) is 11.1. The Morgan fingerprint density at radius 3 is 2.87 bits per heavy atom. The van der Waals surface area contributed by atoms with Gasteiger partial charge in [-0.25, -0.2) is 0 Å². The summed E-state index contributed by atoms with van der Waals surface area (Å²) >= 11 is 0. The predicted octanol–water partition coefficient (Wildman–Crippen LogP) is 1.61. The lowest BCUT2D eigenvalue weighted by Gasteiger charge is -2.37. The lowest BCUT2D eigenvalue weighted by atomic mass is 10.0. The van der Waals surface area contributed by atoms with Crippen LogP contribution in [0.15, 0.2) is 24.5 Å². The summed E-state index contributed by atoms with van der Waals surface area (Å²) in [6, 6.07) is 4.47. The summed E-state index contributed by atoms with van der Waals surface area (Å²) in [5.74, 6) is 0. The summed E-state index contributed by atoms with van der Waals surface area (Å²) in [6.45, 7) is 7.37. The third-order valence-electron chi connectivity index (χ3n) is 4.64. The molecule has 0 bridgehead atoms. The molecule has 0 aliphatic carbocycles. The molecule has 126 valence electrons. The SMILES string of the molecule is Cc1cc(C)n(C[C@@H]2CCCCN2C[C@H](O)Cn2cccn2)n1. The highest BCUT2D eigenvalue weighted by Gasteiger charge is 2.25.